The highest BCUT2D eigenvalue weighted by Gasteiger charge is 2.01. The standard InChI is InChI=1S/C13H13N5/c1-2-4-11-10(3-1)12(9-17-18-11)14-6-5-13-15-7-8-16-13/h1-4,7-9H,5-6H2,(H,14,18)(H,15,16). The number of nitrogens with one attached hydrogen (secondary N) is 2. The summed E-state index contributed by atoms with van der Waals surface area (Å²) in [5.74, 6) is 0.980. The zero-order valence-corrected chi connectivity index (χ0v) is 9.80. The molecular weight excluding hydrogens is 226 g/mol. The Morgan fingerprint density at radius 1 is 1.22 bits per heavy atom. The maximum absolute atomic E-state index is 4.19. The van der Waals surface area contributed by atoms with Crippen LogP contribution in [0.3, 0.4) is 0 Å². The number of aromatic amines is 1. The van der Waals surface area contributed by atoms with E-state index in [1.54, 1.807) is 12.4 Å². The molecule has 0 saturated carbocycles. The van der Waals surface area contributed by atoms with Gasteiger partial charge < -0.3 is 10.3 Å². The molecule has 2 N–H and O–H groups in total. The molecule has 2 aromatic heterocycles. The Labute approximate surface area is 104 Å². The number of anilines is 1. The molecule has 0 fully saturated rings. The third-order valence-electron chi connectivity index (χ3n) is 2.78. The molecule has 0 radical (unpaired) electrons. The van der Waals surface area contributed by atoms with Crippen molar-refractivity contribution in [2.45, 2.75) is 6.42 Å². The Morgan fingerprint density at radius 2 is 2.17 bits per heavy atom. The molecule has 2 heterocycles. The maximum atomic E-state index is 4.19. The fourth-order valence-corrected chi connectivity index (χ4v) is 1.90. The molecule has 3 aromatic rings. The number of nitrogens with zero attached hydrogens (tertiary/aromatic N) is 3. The van der Waals surface area contributed by atoms with Gasteiger partial charge in [0.05, 0.1) is 17.4 Å². The Balaban J connectivity index is 1.74. The monoisotopic (exact) mass is 239 g/mol. The minimum atomic E-state index is 0.809. The van der Waals surface area contributed by atoms with Gasteiger partial charge >= 0.3 is 0 Å². The predicted octanol–water partition coefficient (Wildman–Crippen LogP) is 2.01. The number of H-pyrrole nitrogens is 1. The van der Waals surface area contributed by atoms with Gasteiger partial charge in [-0.2, -0.15) is 10.2 Å². The van der Waals surface area contributed by atoms with Crippen LogP contribution < -0.4 is 5.32 Å². The highest BCUT2D eigenvalue weighted by molar-refractivity contribution is 5.90. The van der Waals surface area contributed by atoms with E-state index in [1.807, 2.05) is 30.5 Å². The number of hydrogen-bond acceptors (Lipinski definition) is 4. The van der Waals surface area contributed by atoms with Crippen LogP contribution in [0.5, 0.6) is 0 Å². The third-order valence-corrected chi connectivity index (χ3v) is 2.78. The van der Waals surface area contributed by atoms with Crippen molar-refractivity contribution in [1.82, 2.24) is 20.2 Å². The average molecular weight is 239 g/mol. The largest absolute Gasteiger partial charge is 0.383 e. The van der Waals surface area contributed by atoms with Gasteiger partial charge in [-0.25, -0.2) is 4.98 Å². The molecule has 3 rings (SSSR count). The van der Waals surface area contributed by atoms with Gasteiger partial charge in [0.15, 0.2) is 0 Å². The molecular formula is C13H13N5. The summed E-state index contributed by atoms with van der Waals surface area (Å²) in [4.78, 5) is 7.27. The first-order valence-corrected chi connectivity index (χ1v) is 5.86. The van der Waals surface area contributed by atoms with Gasteiger partial charge in [0.25, 0.3) is 0 Å². The predicted molar refractivity (Wildman–Crippen MR) is 70.3 cm³/mol. The van der Waals surface area contributed by atoms with Crippen LogP contribution >= 0.6 is 0 Å². The van der Waals surface area contributed by atoms with Crippen LogP contribution in [0.15, 0.2) is 42.9 Å². The van der Waals surface area contributed by atoms with Crippen molar-refractivity contribution in [3.05, 3.63) is 48.7 Å². The molecule has 0 atom stereocenters. The highest BCUT2D eigenvalue weighted by atomic mass is 15.1. The van der Waals surface area contributed by atoms with Gasteiger partial charge in [-0.05, 0) is 6.07 Å². The summed E-state index contributed by atoms with van der Waals surface area (Å²) in [6, 6.07) is 7.96. The lowest BCUT2D eigenvalue weighted by Gasteiger charge is -2.07. The molecule has 5 nitrogen and oxygen atoms in total. The summed E-state index contributed by atoms with van der Waals surface area (Å²) in [6.45, 7) is 0.809. The lowest BCUT2D eigenvalue weighted by molar-refractivity contribution is 0.925. The molecule has 0 unspecified atom stereocenters. The number of imidazole rings is 1. The number of aromatic nitrogens is 4. The molecule has 0 amide bonds. The van der Waals surface area contributed by atoms with Crippen LogP contribution in [-0.2, 0) is 6.42 Å². The first-order chi connectivity index (χ1) is 8.93. The Kier molecular flexibility index (Phi) is 2.87. The van der Waals surface area contributed by atoms with E-state index in [1.165, 1.54) is 0 Å². The van der Waals surface area contributed by atoms with E-state index in [9.17, 15) is 0 Å². The van der Waals surface area contributed by atoms with Gasteiger partial charge in [0, 0.05) is 30.7 Å². The SMILES string of the molecule is c1ccc2c(NCCc3ncc[nH]3)cnnc2c1. The molecule has 5 heteroatoms. The van der Waals surface area contributed by atoms with E-state index in [4.69, 9.17) is 0 Å². The summed E-state index contributed by atoms with van der Waals surface area (Å²) in [7, 11) is 0. The second kappa shape index (κ2) is 4.83. The molecule has 18 heavy (non-hydrogen) atoms. The van der Waals surface area contributed by atoms with Gasteiger partial charge in [-0.1, -0.05) is 18.2 Å². The van der Waals surface area contributed by atoms with Crippen molar-refractivity contribution in [1.29, 1.82) is 0 Å². The fraction of sp³-hybridized carbons (Fsp3) is 0.154. The van der Waals surface area contributed by atoms with Crippen molar-refractivity contribution < 1.29 is 0 Å². The third kappa shape index (κ3) is 2.15. The summed E-state index contributed by atoms with van der Waals surface area (Å²) in [6.07, 6.45) is 6.20. The summed E-state index contributed by atoms with van der Waals surface area (Å²) >= 11 is 0. The second-order valence-electron chi connectivity index (χ2n) is 3.99. The fourth-order valence-electron chi connectivity index (χ4n) is 1.90. The highest BCUT2D eigenvalue weighted by Crippen LogP contribution is 2.19. The van der Waals surface area contributed by atoms with Crippen LogP contribution in [0.1, 0.15) is 5.82 Å². The molecule has 0 saturated heterocycles. The number of fused-ring (bicyclic) bond motifs is 1. The first-order valence-electron chi connectivity index (χ1n) is 5.86. The molecule has 0 bridgehead atoms. The molecule has 0 aliphatic carbocycles. The Hall–Kier alpha value is -2.43. The Bertz CT molecular complexity index is 627. The van der Waals surface area contributed by atoms with E-state index in [0.717, 1.165) is 35.4 Å². The van der Waals surface area contributed by atoms with Crippen LogP contribution in [0.2, 0.25) is 0 Å². The van der Waals surface area contributed by atoms with Gasteiger partial charge in [0.2, 0.25) is 0 Å². The van der Waals surface area contributed by atoms with E-state index in [2.05, 4.69) is 25.5 Å². The second-order valence-corrected chi connectivity index (χ2v) is 3.99. The summed E-state index contributed by atoms with van der Waals surface area (Å²) in [5.41, 5.74) is 1.91. The van der Waals surface area contributed by atoms with Gasteiger partial charge in [-0.15, -0.1) is 0 Å². The van der Waals surface area contributed by atoms with Gasteiger partial charge in [0.1, 0.15) is 5.82 Å². The number of rotatable bonds is 4. The summed E-state index contributed by atoms with van der Waals surface area (Å²) in [5, 5.41) is 12.5. The lowest BCUT2D eigenvalue weighted by atomic mass is 10.2. The molecule has 0 aliphatic heterocycles. The number of hydrogen-bond donors (Lipinski definition) is 2. The topological polar surface area (TPSA) is 66.5 Å². The summed E-state index contributed by atoms with van der Waals surface area (Å²) < 4.78 is 0. The maximum Gasteiger partial charge on any atom is 0.107 e. The van der Waals surface area contributed by atoms with Crippen molar-refractivity contribution >= 4 is 16.6 Å². The Morgan fingerprint density at radius 3 is 3.06 bits per heavy atom. The normalized spacial score (nSPS) is 10.7. The quantitative estimate of drug-likeness (QED) is 0.731. The van der Waals surface area contributed by atoms with Crippen LogP contribution in [0.4, 0.5) is 5.69 Å². The minimum absolute atomic E-state index is 0.809. The van der Waals surface area contributed by atoms with E-state index >= 15 is 0 Å². The first kappa shape index (κ1) is 10.7. The van der Waals surface area contributed by atoms with Crippen molar-refractivity contribution in [2.75, 3.05) is 11.9 Å². The molecule has 1 aromatic carbocycles. The van der Waals surface area contributed by atoms with Gasteiger partial charge in [-0.3, -0.25) is 0 Å². The van der Waals surface area contributed by atoms with Crippen molar-refractivity contribution in [3.63, 3.8) is 0 Å². The van der Waals surface area contributed by atoms with Crippen molar-refractivity contribution in [3.8, 4) is 0 Å². The van der Waals surface area contributed by atoms with Crippen LogP contribution in [-0.4, -0.2) is 26.7 Å². The van der Waals surface area contributed by atoms with E-state index in [-0.39, 0.29) is 0 Å². The number of benzene rings is 1. The smallest absolute Gasteiger partial charge is 0.107 e. The lowest BCUT2D eigenvalue weighted by Crippen LogP contribution is -2.07. The molecule has 0 aliphatic rings. The molecule has 90 valence electrons. The van der Waals surface area contributed by atoms with Crippen LogP contribution in [0, 0.1) is 0 Å². The minimum Gasteiger partial charge on any atom is -0.383 e. The van der Waals surface area contributed by atoms with Crippen LogP contribution in [0.25, 0.3) is 10.9 Å². The van der Waals surface area contributed by atoms with E-state index < -0.39 is 0 Å². The molecule has 0 spiro atoms. The zero-order chi connectivity index (χ0) is 12.2. The zero-order valence-electron chi connectivity index (χ0n) is 9.80. The van der Waals surface area contributed by atoms with E-state index in [0.29, 0.717) is 0 Å². The average Bonchev–Trinajstić information content (AvgIpc) is 2.92. The van der Waals surface area contributed by atoms with Crippen molar-refractivity contribution in [2.24, 2.45) is 0 Å².